The minimum atomic E-state index is 0.0268. The molecule has 30 heavy (non-hydrogen) atoms. The van der Waals surface area contributed by atoms with Crippen molar-refractivity contribution in [3.8, 4) is 0 Å². The molecule has 0 saturated carbocycles. The fourth-order valence-corrected chi connectivity index (χ4v) is 3.64. The number of hydrogen-bond donors (Lipinski definition) is 1. The van der Waals surface area contributed by atoms with Gasteiger partial charge in [0.05, 0.1) is 11.9 Å². The molecule has 154 valence electrons. The van der Waals surface area contributed by atoms with E-state index < -0.39 is 0 Å². The van der Waals surface area contributed by atoms with Gasteiger partial charge in [-0.05, 0) is 37.5 Å². The summed E-state index contributed by atoms with van der Waals surface area (Å²) < 4.78 is 1.72. The number of likely N-dealkylation sites (tertiary alicyclic amines) is 1. The Labute approximate surface area is 175 Å². The highest BCUT2D eigenvalue weighted by Gasteiger charge is 2.26. The highest BCUT2D eigenvalue weighted by molar-refractivity contribution is 5.91. The van der Waals surface area contributed by atoms with Gasteiger partial charge in [0, 0.05) is 62.5 Å². The standard InChI is InChI=1S/C22H25N7O/c1-16-4-3-9-24-21(16)27-22-20(23-10-11-25-22)18-7-12-29(13-8-18)19(30)6-5-17-14-26-28(2)15-17/h3-6,9-11,14-15,18H,7-8,12-13H2,1-2H3,(H,24,25,27). The van der Waals surface area contributed by atoms with E-state index in [-0.39, 0.29) is 11.8 Å². The number of carbonyl (C=O) groups excluding carboxylic acids is 1. The first-order valence-corrected chi connectivity index (χ1v) is 10.1. The molecule has 1 fully saturated rings. The summed E-state index contributed by atoms with van der Waals surface area (Å²) in [7, 11) is 1.86. The van der Waals surface area contributed by atoms with Crippen LogP contribution in [0.5, 0.6) is 0 Å². The van der Waals surface area contributed by atoms with Gasteiger partial charge in [-0.2, -0.15) is 5.10 Å². The lowest BCUT2D eigenvalue weighted by Crippen LogP contribution is -2.37. The van der Waals surface area contributed by atoms with Gasteiger partial charge in [-0.15, -0.1) is 0 Å². The number of amides is 1. The van der Waals surface area contributed by atoms with Gasteiger partial charge in [0.2, 0.25) is 5.91 Å². The van der Waals surface area contributed by atoms with Crippen LogP contribution in [0.4, 0.5) is 11.6 Å². The first-order valence-electron chi connectivity index (χ1n) is 10.1. The maximum atomic E-state index is 12.5. The number of carbonyl (C=O) groups is 1. The average Bonchev–Trinajstić information content (AvgIpc) is 3.19. The second kappa shape index (κ2) is 8.86. The fraction of sp³-hybridized carbons (Fsp3) is 0.318. The van der Waals surface area contributed by atoms with Crippen molar-refractivity contribution in [3.05, 3.63) is 66.0 Å². The van der Waals surface area contributed by atoms with Gasteiger partial charge < -0.3 is 10.2 Å². The second-order valence-electron chi connectivity index (χ2n) is 7.46. The Morgan fingerprint density at radius 1 is 1.13 bits per heavy atom. The Bertz CT molecular complexity index is 1050. The molecule has 0 aromatic carbocycles. The Morgan fingerprint density at radius 2 is 1.90 bits per heavy atom. The molecule has 1 aliphatic heterocycles. The number of aromatic nitrogens is 5. The van der Waals surface area contributed by atoms with Crippen LogP contribution in [0.25, 0.3) is 6.08 Å². The van der Waals surface area contributed by atoms with E-state index in [1.54, 1.807) is 41.6 Å². The smallest absolute Gasteiger partial charge is 0.246 e. The molecule has 0 unspecified atom stereocenters. The van der Waals surface area contributed by atoms with Crippen LogP contribution >= 0.6 is 0 Å². The average molecular weight is 403 g/mol. The van der Waals surface area contributed by atoms with Crippen LogP contribution in [-0.2, 0) is 11.8 Å². The summed E-state index contributed by atoms with van der Waals surface area (Å²) in [4.78, 5) is 27.9. The maximum Gasteiger partial charge on any atom is 0.246 e. The lowest BCUT2D eigenvalue weighted by molar-refractivity contribution is -0.126. The number of anilines is 2. The molecule has 3 aromatic rings. The van der Waals surface area contributed by atoms with E-state index in [1.165, 1.54) is 0 Å². The van der Waals surface area contributed by atoms with Crippen molar-refractivity contribution in [1.29, 1.82) is 0 Å². The summed E-state index contributed by atoms with van der Waals surface area (Å²) in [6.45, 7) is 3.40. The van der Waals surface area contributed by atoms with Crippen LogP contribution in [0.1, 0.15) is 35.6 Å². The summed E-state index contributed by atoms with van der Waals surface area (Å²) in [5.74, 6) is 1.79. The first kappa shape index (κ1) is 19.8. The van der Waals surface area contributed by atoms with Crippen molar-refractivity contribution >= 4 is 23.6 Å². The van der Waals surface area contributed by atoms with Crippen LogP contribution in [0.15, 0.2) is 49.2 Å². The third kappa shape index (κ3) is 4.53. The van der Waals surface area contributed by atoms with E-state index in [2.05, 4.69) is 25.4 Å². The maximum absolute atomic E-state index is 12.5. The molecule has 8 heteroatoms. The molecule has 4 rings (SSSR count). The third-order valence-electron chi connectivity index (χ3n) is 5.31. The summed E-state index contributed by atoms with van der Waals surface area (Å²) in [6, 6.07) is 3.92. The molecular weight excluding hydrogens is 378 g/mol. The van der Waals surface area contributed by atoms with E-state index >= 15 is 0 Å². The van der Waals surface area contributed by atoms with Gasteiger partial charge >= 0.3 is 0 Å². The molecule has 1 saturated heterocycles. The normalized spacial score (nSPS) is 14.9. The number of nitrogens with zero attached hydrogens (tertiary/aromatic N) is 6. The van der Waals surface area contributed by atoms with Gasteiger partial charge in [-0.25, -0.2) is 9.97 Å². The van der Waals surface area contributed by atoms with Crippen molar-refractivity contribution in [1.82, 2.24) is 29.6 Å². The highest BCUT2D eigenvalue weighted by atomic mass is 16.2. The van der Waals surface area contributed by atoms with Crippen molar-refractivity contribution in [2.24, 2.45) is 7.05 Å². The van der Waals surface area contributed by atoms with Crippen LogP contribution < -0.4 is 5.32 Å². The Balaban J connectivity index is 1.40. The molecular formula is C22H25N7O. The minimum absolute atomic E-state index is 0.0268. The molecule has 0 aliphatic carbocycles. The van der Waals surface area contributed by atoms with Gasteiger partial charge in [-0.1, -0.05) is 6.07 Å². The third-order valence-corrected chi connectivity index (χ3v) is 5.31. The predicted octanol–water partition coefficient (Wildman–Crippen LogP) is 3.08. The molecule has 0 radical (unpaired) electrons. The monoisotopic (exact) mass is 403 g/mol. The van der Waals surface area contributed by atoms with Gasteiger partial charge in [-0.3, -0.25) is 14.5 Å². The summed E-state index contributed by atoms with van der Waals surface area (Å²) >= 11 is 0. The molecule has 0 atom stereocenters. The zero-order valence-corrected chi connectivity index (χ0v) is 17.2. The molecule has 1 N–H and O–H groups in total. The number of hydrogen-bond acceptors (Lipinski definition) is 6. The number of aryl methyl sites for hydroxylation is 2. The number of piperidine rings is 1. The number of nitrogens with one attached hydrogen (secondary N) is 1. The van der Waals surface area contributed by atoms with Crippen molar-refractivity contribution in [2.45, 2.75) is 25.7 Å². The molecule has 4 heterocycles. The summed E-state index contributed by atoms with van der Waals surface area (Å²) in [6.07, 6.45) is 13.9. The van der Waals surface area contributed by atoms with Gasteiger partial charge in [0.25, 0.3) is 0 Å². The van der Waals surface area contributed by atoms with Crippen LogP contribution in [-0.4, -0.2) is 48.6 Å². The largest absolute Gasteiger partial charge is 0.339 e. The van der Waals surface area contributed by atoms with E-state index in [1.807, 2.05) is 37.2 Å². The fourth-order valence-electron chi connectivity index (χ4n) is 3.64. The number of pyridine rings is 1. The van der Waals surface area contributed by atoms with Gasteiger partial charge in [0.15, 0.2) is 5.82 Å². The lowest BCUT2D eigenvalue weighted by atomic mass is 9.93. The zero-order chi connectivity index (χ0) is 20.9. The molecule has 8 nitrogen and oxygen atoms in total. The van der Waals surface area contributed by atoms with Crippen LogP contribution in [0.3, 0.4) is 0 Å². The Hall–Kier alpha value is -3.55. The van der Waals surface area contributed by atoms with Crippen LogP contribution in [0.2, 0.25) is 0 Å². The van der Waals surface area contributed by atoms with E-state index in [0.717, 1.165) is 41.3 Å². The first-order chi connectivity index (χ1) is 14.6. The quantitative estimate of drug-likeness (QED) is 0.659. The molecule has 3 aromatic heterocycles. The highest BCUT2D eigenvalue weighted by Crippen LogP contribution is 2.31. The van der Waals surface area contributed by atoms with Crippen molar-refractivity contribution in [3.63, 3.8) is 0 Å². The predicted molar refractivity (Wildman–Crippen MR) is 115 cm³/mol. The van der Waals surface area contributed by atoms with Crippen molar-refractivity contribution in [2.75, 3.05) is 18.4 Å². The Kier molecular flexibility index (Phi) is 5.83. The second-order valence-corrected chi connectivity index (χ2v) is 7.46. The molecule has 1 aliphatic rings. The molecule has 1 amide bonds. The topological polar surface area (TPSA) is 88.8 Å². The SMILES string of the molecule is Cc1cccnc1Nc1nccnc1C1CCN(C(=O)C=Cc2cnn(C)c2)CC1. The van der Waals surface area contributed by atoms with E-state index in [0.29, 0.717) is 13.1 Å². The molecule has 0 spiro atoms. The Morgan fingerprint density at radius 3 is 2.63 bits per heavy atom. The summed E-state index contributed by atoms with van der Waals surface area (Å²) in [5, 5.41) is 7.44. The summed E-state index contributed by atoms with van der Waals surface area (Å²) in [5.41, 5.74) is 2.90. The van der Waals surface area contributed by atoms with Gasteiger partial charge in [0.1, 0.15) is 5.82 Å². The zero-order valence-electron chi connectivity index (χ0n) is 17.2. The minimum Gasteiger partial charge on any atom is -0.339 e. The van der Waals surface area contributed by atoms with Crippen molar-refractivity contribution < 1.29 is 4.79 Å². The lowest BCUT2D eigenvalue weighted by Gasteiger charge is -2.31. The number of rotatable bonds is 5. The van der Waals surface area contributed by atoms with E-state index in [9.17, 15) is 4.79 Å². The molecule has 0 bridgehead atoms. The van der Waals surface area contributed by atoms with Crippen LogP contribution in [0, 0.1) is 6.92 Å². The van der Waals surface area contributed by atoms with E-state index in [4.69, 9.17) is 0 Å².